The summed E-state index contributed by atoms with van der Waals surface area (Å²) < 4.78 is 0.272. The van der Waals surface area contributed by atoms with Crippen LogP contribution in [-0.2, 0) is 4.79 Å². The highest BCUT2D eigenvalue weighted by molar-refractivity contribution is 14.0. The first-order valence-electron chi connectivity index (χ1n) is 8.51. The van der Waals surface area contributed by atoms with Gasteiger partial charge in [0.25, 0.3) is 0 Å². The van der Waals surface area contributed by atoms with E-state index in [4.69, 9.17) is 0 Å². The minimum atomic E-state index is 0. The van der Waals surface area contributed by atoms with Crippen LogP contribution < -0.4 is 16.0 Å². The smallest absolute Gasteiger partial charge is 0.221 e. The van der Waals surface area contributed by atoms with Crippen molar-refractivity contribution in [1.29, 1.82) is 0 Å². The number of amides is 1. The van der Waals surface area contributed by atoms with Crippen molar-refractivity contribution < 1.29 is 4.79 Å². The summed E-state index contributed by atoms with van der Waals surface area (Å²) in [5.74, 6) is 0.818. The van der Waals surface area contributed by atoms with Crippen LogP contribution in [0.5, 0.6) is 0 Å². The minimum Gasteiger partial charge on any atom is -0.356 e. The molecule has 1 amide bonds. The fraction of sp³-hybridized carbons (Fsp3) is 0.556. The fourth-order valence-corrected chi connectivity index (χ4v) is 3.59. The number of carbonyl (C=O) groups is 1. The predicted molar refractivity (Wildman–Crippen MR) is 117 cm³/mol. The molecule has 1 aromatic carbocycles. The molecule has 0 aliphatic heterocycles. The van der Waals surface area contributed by atoms with Crippen molar-refractivity contribution >= 4 is 47.6 Å². The van der Waals surface area contributed by atoms with Crippen LogP contribution in [0.3, 0.4) is 0 Å². The van der Waals surface area contributed by atoms with Gasteiger partial charge in [-0.15, -0.1) is 35.7 Å². The molecule has 7 heteroatoms. The lowest BCUT2D eigenvalue weighted by Gasteiger charge is -2.18. The van der Waals surface area contributed by atoms with Crippen LogP contribution in [0, 0.1) is 0 Å². The fourth-order valence-electron chi connectivity index (χ4n) is 2.35. The van der Waals surface area contributed by atoms with Gasteiger partial charge < -0.3 is 16.0 Å². The summed E-state index contributed by atoms with van der Waals surface area (Å²) in [6.45, 7) is 5.39. The van der Waals surface area contributed by atoms with Gasteiger partial charge >= 0.3 is 0 Å². The molecule has 1 fully saturated rings. The molecule has 0 radical (unpaired) electrons. The van der Waals surface area contributed by atoms with E-state index in [0.29, 0.717) is 13.0 Å². The molecular weight excluding hydrogens is 447 g/mol. The summed E-state index contributed by atoms with van der Waals surface area (Å²) in [6, 6.07) is 10.7. The van der Waals surface area contributed by atoms with E-state index in [0.717, 1.165) is 12.5 Å². The van der Waals surface area contributed by atoms with Gasteiger partial charge in [0, 0.05) is 42.2 Å². The molecule has 3 N–H and O–H groups in total. The molecule has 0 unspecified atom stereocenters. The van der Waals surface area contributed by atoms with E-state index < -0.39 is 0 Å². The summed E-state index contributed by atoms with van der Waals surface area (Å²) in [5, 5.41) is 9.49. The van der Waals surface area contributed by atoms with Crippen molar-refractivity contribution in [3.8, 4) is 0 Å². The van der Waals surface area contributed by atoms with Gasteiger partial charge in [-0.25, -0.2) is 0 Å². The van der Waals surface area contributed by atoms with Gasteiger partial charge in [-0.05, 0) is 38.8 Å². The first-order valence-corrected chi connectivity index (χ1v) is 9.33. The number of benzene rings is 1. The maximum atomic E-state index is 11.6. The molecule has 5 nitrogen and oxygen atoms in total. The zero-order valence-electron chi connectivity index (χ0n) is 15.2. The van der Waals surface area contributed by atoms with Crippen molar-refractivity contribution in [2.75, 3.05) is 20.1 Å². The molecule has 0 spiro atoms. The van der Waals surface area contributed by atoms with Gasteiger partial charge in [-0.2, -0.15) is 0 Å². The summed E-state index contributed by atoms with van der Waals surface area (Å²) in [7, 11) is 1.76. The molecule has 0 saturated heterocycles. The molecule has 1 aliphatic carbocycles. The molecule has 0 heterocycles. The summed E-state index contributed by atoms with van der Waals surface area (Å²) in [5.41, 5.74) is 0. The van der Waals surface area contributed by atoms with Gasteiger partial charge in [0.1, 0.15) is 0 Å². The number of guanidine groups is 1. The van der Waals surface area contributed by atoms with Gasteiger partial charge in [-0.3, -0.25) is 9.79 Å². The number of halogens is 1. The molecule has 0 atom stereocenters. The van der Waals surface area contributed by atoms with Crippen LogP contribution in [0.2, 0.25) is 0 Å². The highest BCUT2D eigenvalue weighted by atomic mass is 127. The van der Waals surface area contributed by atoms with Crippen LogP contribution in [0.25, 0.3) is 0 Å². The van der Waals surface area contributed by atoms with E-state index in [1.165, 1.54) is 17.7 Å². The highest BCUT2D eigenvalue weighted by Gasteiger charge is 2.43. The Bertz CT molecular complexity index is 561. The lowest BCUT2D eigenvalue weighted by Crippen LogP contribution is -2.42. The lowest BCUT2D eigenvalue weighted by atomic mass is 10.3. The third-order valence-corrected chi connectivity index (χ3v) is 5.27. The number of nitrogens with one attached hydrogen (secondary N) is 3. The van der Waals surface area contributed by atoms with E-state index in [2.05, 4.69) is 45.2 Å². The second-order valence-corrected chi connectivity index (χ2v) is 7.96. The third kappa shape index (κ3) is 8.31. The molecule has 0 aromatic heterocycles. The van der Waals surface area contributed by atoms with E-state index in [-0.39, 0.29) is 40.7 Å². The number of nitrogens with zero attached hydrogens (tertiary/aromatic N) is 1. The van der Waals surface area contributed by atoms with E-state index in [9.17, 15) is 4.79 Å². The van der Waals surface area contributed by atoms with E-state index in [1.54, 1.807) is 7.05 Å². The molecule has 1 aliphatic rings. The monoisotopic (exact) mass is 476 g/mol. The zero-order chi connectivity index (χ0) is 17.4. The number of hydrogen-bond donors (Lipinski definition) is 3. The van der Waals surface area contributed by atoms with E-state index >= 15 is 0 Å². The van der Waals surface area contributed by atoms with Crippen molar-refractivity contribution in [3.63, 3.8) is 0 Å². The van der Waals surface area contributed by atoms with Gasteiger partial charge in [0.2, 0.25) is 5.91 Å². The predicted octanol–water partition coefficient (Wildman–Crippen LogP) is 3.01. The van der Waals surface area contributed by atoms with Crippen LogP contribution in [0.15, 0.2) is 40.2 Å². The topological polar surface area (TPSA) is 65.5 Å². The molecular formula is C18H29IN4OS. The third-order valence-electron chi connectivity index (χ3n) is 3.78. The highest BCUT2D eigenvalue weighted by Crippen LogP contribution is 2.51. The molecule has 140 valence electrons. The molecule has 25 heavy (non-hydrogen) atoms. The van der Waals surface area contributed by atoms with Crippen LogP contribution in [-0.4, -0.2) is 42.8 Å². The Kier molecular flexibility index (Phi) is 9.63. The Morgan fingerprint density at radius 1 is 1.24 bits per heavy atom. The number of rotatable bonds is 8. The average Bonchev–Trinajstić information content (AvgIpc) is 3.30. The maximum absolute atomic E-state index is 11.6. The van der Waals surface area contributed by atoms with Crippen LogP contribution >= 0.6 is 35.7 Å². The lowest BCUT2D eigenvalue weighted by molar-refractivity contribution is -0.121. The second-order valence-electron chi connectivity index (χ2n) is 6.42. The van der Waals surface area contributed by atoms with Crippen molar-refractivity contribution in [3.05, 3.63) is 30.3 Å². The summed E-state index contributed by atoms with van der Waals surface area (Å²) in [4.78, 5) is 17.2. The quantitative estimate of drug-likeness (QED) is 0.307. The Morgan fingerprint density at radius 3 is 2.48 bits per heavy atom. The molecule has 1 saturated carbocycles. The van der Waals surface area contributed by atoms with Gasteiger partial charge in [0.15, 0.2) is 5.96 Å². The zero-order valence-corrected chi connectivity index (χ0v) is 18.3. The van der Waals surface area contributed by atoms with E-state index in [1.807, 2.05) is 31.7 Å². The van der Waals surface area contributed by atoms with Crippen LogP contribution in [0.4, 0.5) is 0 Å². The maximum Gasteiger partial charge on any atom is 0.221 e. The molecule has 2 rings (SSSR count). The Morgan fingerprint density at radius 2 is 1.92 bits per heavy atom. The number of carbonyl (C=O) groups excluding carboxylic acids is 1. The van der Waals surface area contributed by atoms with Crippen molar-refractivity contribution in [2.45, 2.75) is 48.8 Å². The normalized spacial score (nSPS) is 15.3. The number of hydrogen-bond acceptors (Lipinski definition) is 3. The largest absolute Gasteiger partial charge is 0.356 e. The Hall–Kier alpha value is -0.960. The van der Waals surface area contributed by atoms with Crippen molar-refractivity contribution in [1.82, 2.24) is 16.0 Å². The second kappa shape index (κ2) is 10.9. The SMILES string of the molecule is CN=C(NCCC(=O)NC(C)C)NCC1(Sc2ccccc2)CC1.I. The average molecular weight is 476 g/mol. The molecule has 0 bridgehead atoms. The standard InChI is InChI=1S/C18H28N4OS.HI/c1-14(2)22-16(23)9-12-20-17(19-3)21-13-18(10-11-18)24-15-7-5-4-6-8-15;/h4-8,14H,9-13H2,1-3H3,(H,22,23)(H2,19,20,21);1H. The summed E-state index contributed by atoms with van der Waals surface area (Å²) >= 11 is 1.94. The van der Waals surface area contributed by atoms with Gasteiger partial charge in [0.05, 0.1) is 0 Å². The Balaban J connectivity index is 0.00000312. The number of aliphatic imine (C=N–C) groups is 1. The van der Waals surface area contributed by atoms with Gasteiger partial charge in [-0.1, -0.05) is 18.2 Å². The first-order chi connectivity index (χ1) is 11.5. The summed E-state index contributed by atoms with van der Waals surface area (Å²) in [6.07, 6.45) is 2.88. The van der Waals surface area contributed by atoms with Crippen molar-refractivity contribution in [2.24, 2.45) is 4.99 Å². The van der Waals surface area contributed by atoms with Crippen LogP contribution in [0.1, 0.15) is 33.1 Å². The Labute approximate surface area is 172 Å². The minimum absolute atomic E-state index is 0. The molecule has 1 aromatic rings. The number of thioether (sulfide) groups is 1. The first kappa shape index (κ1) is 22.1.